The van der Waals surface area contributed by atoms with Gasteiger partial charge in [-0.2, -0.15) is 0 Å². The minimum atomic E-state index is -0.208. The van der Waals surface area contributed by atoms with Gasteiger partial charge in [0.25, 0.3) is 11.8 Å². The number of fused-ring (bicyclic) bond motifs is 1. The number of anilines is 1. The molecule has 36 heavy (non-hydrogen) atoms. The summed E-state index contributed by atoms with van der Waals surface area (Å²) in [7, 11) is 0. The molecule has 4 aromatic rings. The van der Waals surface area contributed by atoms with Crippen molar-refractivity contribution in [3.8, 4) is 5.75 Å². The number of aryl methyl sites for hydroxylation is 1. The number of rotatable bonds is 6. The second-order valence-corrected chi connectivity index (χ2v) is 8.75. The van der Waals surface area contributed by atoms with Gasteiger partial charge in [-0.25, -0.2) is 0 Å². The van der Waals surface area contributed by atoms with Gasteiger partial charge >= 0.3 is 0 Å². The lowest BCUT2D eigenvalue weighted by Crippen LogP contribution is -2.36. The predicted octanol–water partition coefficient (Wildman–Crippen LogP) is 5.89. The maximum absolute atomic E-state index is 13.4. The number of nitrogens with one attached hydrogen (secondary N) is 1. The second-order valence-electron chi connectivity index (χ2n) is 8.75. The molecule has 5 nitrogen and oxygen atoms in total. The maximum atomic E-state index is 13.4. The number of carbonyl (C=O) groups excluding carboxylic acids is 2. The van der Waals surface area contributed by atoms with Crippen LogP contribution in [-0.4, -0.2) is 11.8 Å². The SMILES string of the molecule is Cc1cccc(CN2C(=O)/C(=C\c3ccc(C(=O)NCc4ccccc4)cc3)Oc3ccccc32)c1. The van der Waals surface area contributed by atoms with E-state index in [4.69, 9.17) is 4.74 Å². The first kappa shape index (κ1) is 23.1. The summed E-state index contributed by atoms with van der Waals surface area (Å²) < 4.78 is 6.00. The summed E-state index contributed by atoms with van der Waals surface area (Å²) in [6.07, 6.45) is 1.72. The third kappa shape index (κ3) is 5.20. The summed E-state index contributed by atoms with van der Waals surface area (Å²) in [4.78, 5) is 27.7. The molecule has 0 fully saturated rings. The number of ether oxygens (including phenoxy) is 1. The summed E-state index contributed by atoms with van der Waals surface area (Å²) in [5, 5.41) is 2.93. The molecule has 4 aromatic carbocycles. The Kier molecular flexibility index (Phi) is 6.63. The van der Waals surface area contributed by atoms with Crippen LogP contribution in [0, 0.1) is 6.92 Å². The molecule has 0 aliphatic carbocycles. The monoisotopic (exact) mass is 474 g/mol. The highest BCUT2D eigenvalue weighted by molar-refractivity contribution is 6.09. The van der Waals surface area contributed by atoms with E-state index < -0.39 is 0 Å². The van der Waals surface area contributed by atoms with E-state index in [1.165, 1.54) is 0 Å². The zero-order valence-corrected chi connectivity index (χ0v) is 20.0. The van der Waals surface area contributed by atoms with Gasteiger partial charge in [-0.3, -0.25) is 14.5 Å². The van der Waals surface area contributed by atoms with Crippen molar-refractivity contribution < 1.29 is 14.3 Å². The van der Waals surface area contributed by atoms with Crippen molar-refractivity contribution in [3.05, 3.63) is 137 Å². The van der Waals surface area contributed by atoms with Crippen LogP contribution in [0.25, 0.3) is 6.08 Å². The first-order valence-electron chi connectivity index (χ1n) is 11.8. The molecule has 1 N–H and O–H groups in total. The largest absolute Gasteiger partial charge is 0.449 e. The van der Waals surface area contributed by atoms with Crippen molar-refractivity contribution >= 4 is 23.6 Å². The average molecular weight is 475 g/mol. The van der Waals surface area contributed by atoms with Crippen LogP contribution in [0.5, 0.6) is 5.75 Å². The van der Waals surface area contributed by atoms with E-state index in [1.54, 1.807) is 23.1 Å². The molecule has 0 saturated carbocycles. The number of nitrogens with zero attached hydrogens (tertiary/aromatic N) is 1. The molecular formula is C31H26N2O3. The fourth-order valence-electron chi connectivity index (χ4n) is 4.17. The molecule has 0 atom stereocenters. The van der Waals surface area contributed by atoms with Gasteiger partial charge < -0.3 is 10.1 Å². The first-order chi connectivity index (χ1) is 17.6. The van der Waals surface area contributed by atoms with Crippen molar-refractivity contribution in [2.45, 2.75) is 20.0 Å². The number of carbonyl (C=O) groups is 2. The molecule has 2 amide bonds. The van der Waals surface area contributed by atoms with Gasteiger partial charge in [0.1, 0.15) is 0 Å². The van der Waals surface area contributed by atoms with Crippen molar-refractivity contribution in [1.82, 2.24) is 5.32 Å². The Morgan fingerprint density at radius 1 is 0.861 bits per heavy atom. The van der Waals surface area contributed by atoms with Crippen molar-refractivity contribution in [2.24, 2.45) is 0 Å². The minimum absolute atomic E-state index is 0.152. The smallest absolute Gasteiger partial charge is 0.294 e. The van der Waals surface area contributed by atoms with Gasteiger partial charge in [0, 0.05) is 12.1 Å². The van der Waals surface area contributed by atoms with E-state index in [-0.39, 0.29) is 17.6 Å². The second kappa shape index (κ2) is 10.3. The van der Waals surface area contributed by atoms with E-state index in [9.17, 15) is 9.59 Å². The summed E-state index contributed by atoms with van der Waals surface area (Å²) in [5.74, 6) is 0.511. The molecule has 5 heteroatoms. The zero-order chi connectivity index (χ0) is 24.9. The Bertz CT molecular complexity index is 1430. The quantitative estimate of drug-likeness (QED) is 0.355. The van der Waals surface area contributed by atoms with Crippen LogP contribution < -0.4 is 15.0 Å². The Balaban J connectivity index is 1.34. The Morgan fingerprint density at radius 2 is 1.58 bits per heavy atom. The third-order valence-electron chi connectivity index (χ3n) is 6.02. The molecule has 5 rings (SSSR count). The number of para-hydroxylation sites is 2. The zero-order valence-electron chi connectivity index (χ0n) is 20.0. The van der Waals surface area contributed by atoms with Gasteiger partial charge in [-0.15, -0.1) is 0 Å². The van der Waals surface area contributed by atoms with Gasteiger partial charge in [0.05, 0.1) is 12.2 Å². The van der Waals surface area contributed by atoms with Crippen molar-refractivity contribution in [2.75, 3.05) is 4.90 Å². The van der Waals surface area contributed by atoms with Gasteiger partial charge in [-0.05, 0) is 54.0 Å². The topological polar surface area (TPSA) is 58.6 Å². The normalized spacial score (nSPS) is 13.8. The first-order valence-corrected chi connectivity index (χ1v) is 11.8. The van der Waals surface area contributed by atoms with E-state index in [2.05, 4.69) is 11.4 Å². The molecule has 0 saturated heterocycles. The lowest BCUT2D eigenvalue weighted by atomic mass is 10.1. The molecule has 1 heterocycles. The fourth-order valence-corrected chi connectivity index (χ4v) is 4.17. The minimum Gasteiger partial charge on any atom is -0.449 e. The summed E-state index contributed by atoms with van der Waals surface area (Å²) in [6.45, 7) is 2.94. The van der Waals surface area contributed by atoms with Crippen LogP contribution in [0.2, 0.25) is 0 Å². The van der Waals surface area contributed by atoms with Crippen molar-refractivity contribution in [3.63, 3.8) is 0 Å². The lowest BCUT2D eigenvalue weighted by molar-refractivity contribution is -0.117. The number of hydrogen-bond donors (Lipinski definition) is 1. The van der Waals surface area contributed by atoms with Gasteiger partial charge in [-0.1, -0.05) is 84.4 Å². The number of hydrogen-bond acceptors (Lipinski definition) is 3. The molecule has 0 spiro atoms. The van der Waals surface area contributed by atoms with E-state index in [0.29, 0.717) is 24.4 Å². The molecular weight excluding hydrogens is 448 g/mol. The molecule has 0 radical (unpaired) electrons. The highest BCUT2D eigenvalue weighted by Gasteiger charge is 2.30. The third-order valence-corrected chi connectivity index (χ3v) is 6.02. The van der Waals surface area contributed by atoms with Crippen LogP contribution in [0.4, 0.5) is 5.69 Å². The summed E-state index contributed by atoms with van der Waals surface area (Å²) >= 11 is 0. The van der Waals surface area contributed by atoms with Crippen LogP contribution in [-0.2, 0) is 17.9 Å². The maximum Gasteiger partial charge on any atom is 0.294 e. The molecule has 0 bridgehead atoms. The van der Waals surface area contributed by atoms with Gasteiger partial charge in [0.15, 0.2) is 11.5 Å². The Hall–Kier alpha value is -4.64. The average Bonchev–Trinajstić information content (AvgIpc) is 2.91. The standard InChI is InChI=1S/C31H26N2O3/c1-22-8-7-11-25(18-22)21-33-27-12-5-6-13-28(27)36-29(31(33)35)19-23-14-16-26(17-15-23)30(34)32-20-24-9-3-2-4-10-24/h2-19H,20-21H2,1H3,(H,32,34)/b29-19+. The van der Waals surface area contributed by atoms with Crippen LogP contribution in [0.3, 0.4) is 0 Å². The molecule has 1 aliphatic rings. The number of amides is 2. The van der Waals surface area contributed by atoms with Crippen molar-refractivity contribution in [1.29, 1.82) is 0 Å². The summed E-state index contributed by atoms with van der Waals surface area (Å²) in [5.41, 5.74) is 5.29. The van der Waals surface area contributed by atoms with E-state index >= 15 is 0 Å². The molecule has 0 aromatic heterocycles. The fraction of sp³-hybridized carbons (Fsp3) is 0.0968. The predicted molar refractivity (Wildman–Crippen MR) is 141 cm³/mol. The molecule has 1 aliphatic heterocycles. The highest BCUT2D eigenvalue weighted by Crippen LogP contribution is 2.36. The van der Waals surface area contributed by atoms with Crippen LogP contribution >= 0.6 is 0 Å². The highest BCUT2D eigenvalue weighted by atomic mass is 16.5. The Morgan fingerprint density at radius 3 is 2.36 bits per heavy atom. The van der Waals surface area contributed by atoms with E-state index in [1.807, 2.05) is 91.9 Å². The molecule has 0 unspecified atom stereocenters. The summed E-state index contributed by atoms with van der Waals surface area (Å²) in [6, 6.07) is 32.6. The van der Waals surface area contributed by atoms with Crippen LogP contribution in [0.15, 0.2) is 109 Å². The molecule has 178 valence electrons. The number of benzene rings is 4. The Labute approximate surface area is 210 Å². The van der Waals surface area contributed by atoms with E-state index in [0.717, 1.165) is 27.9 Å². The lowest BCUT2D eigenvalue weighted by Gasteiger charge is -2.30. The van der Waals surface area contributed by atoms with Crippen LogP contribution in [0.1, 0.15) is 32.6 Å². The van der Waals surface area contributed by atoms with Gasteiger partial charge in [0.2, 0.25) is 0 Å².